The Morgan fingerprint density at radius 3 is 2.03 bits per heavy atom. The van der Waals surface area contributed by atoms with Gasteiger partial charge in [-0.05, 0) is 47.4 Å². The third-order valence-electron chi connectivity index (χ3n) is 6.08. The Bertz CT molecular complexity index is 1130. The molecule has 0 fully saturated rings. The van der Waals surface area contributed by atoms with Gasteiger partial charge in [-0.2, -0.15) is 8.42 Å². The fraction of sp³-hybridized carbons (Fsp3) is 0.455. The summed E-state index contributed by atoms with van der Waals surface area (Å²) in [5.74, 6) is -2.58. The van der Waals surface area contributed by atoms with Gasteiger partial charge in [0.2, 0.25) is 5.75 Å². The molecule has 188 valence electrons. The van der Waals surface area contributed by atoms with E-state index < -0.39 is 40.5 Å². The monoisotopic (exact) mass is 522 g/mol. The standard InChI is InChI=1S/C22H28O11S.Na/c1-29-15-7-12(8-16(30-2)20(15)24)18-14(10-33-34(26,27)28)13(9-23)5-11-6-17(31-3)21(25)22(32-4)19(11)18;/h6-8,13-14,18,23-25H,5,9-10H2,1-4H3,(H,26,27,28);/q;+1/p-1/t13-,14-,18+;/m1./s1. The molecule has 3 atom stereocenters. The largest absolute Gasteiger partial charge is 1.00 e. The zero-order valence-corrected chi connectivity index (χ0v) is 22.9. The number of aromatic hydroxyl groups is 1. The van der Waals surface area contributed by atoms with Crippen molar-refractivity contribution in [2.24, 2.45) is 11.8 Å². The average Bonchev–Trinajstić information content (AvgIpc) is 2.81. The summed E-state index contributed by atoms with van der Waals surface area (Å²) in [7, 11) is 0.597. The Balaban J connectivity index is 0.00000432. The average molecular weight is 523 g/mol. The minimum Gasteiger partial charge on any atom is -0.867 e. The molecule has 3 rings (SSSR count). The summed E-state index contributed by atoms with van der Waals surface area (Å²) in [6, 6.07) is 4.56. The van der Waals surface area contributed by atoms with Crippen LogP contribution in [0.1, 0.15) is 22.6 Å². The number of aliphatic hydroxyl groups excluding tert-OH is 1. The van der Waals surface area contributed by atoms with Crippen molar-refractivity contribution in [1.82, 2.24) is 0 Å². The molecular weight excluding hydrogens is 495 g/mol. The van der Waals surface area contributed by atoms with Gasteiger partial charge in [-0.1, -0.05) is 0 Å². The molecule has 0 aromatic heterocycles. The van der Waals surface area contributed by atoms with Crippen LogP contribution in [0.4, 0.5) is 0 Å². The smallest absolute Gasteiger partial charge is 0.867 e. The summed E-state index contributed by atoms with van der Waals surface area (Å²) in [5, 5.41) is 33.4. The van der Waals surface area contributed by atoms with Crippen LogP contribution < -0.4 is 53.6 Å². The third kappa shape index (κ3) is 5.91. The number of methoxy groups -OCH3 is 4. The first-order chi connectivity index (χ1) is 16.1. The molecule has 0 aliphatic heterocycles. The van der Waals surface area contributed by atoms with E-state index in [2.05, 4.69) is 0 Å². The van der Waals surface area contributed by atoms with Gasteiger partial charge >= 0.3 is 40.0 Å². The molecule has 0 radical (unpaired) electrons. The van der Waals surface area contributed by atoms with Crippen molar-refractivity contribution in [3.63, 3.8) is 0 Å². The Morgan fingerprint density at radius 1 is 1.00 bits per heavy atom. The molecule has 2 aromatic rings. The Morgan fingerprint density at radius 2 is 1.57 bits per heavy atom. The van der Waals surface area contributed by atoms with Crippen molar-refractivity contribution >= 4 is 10.4 Å². The van der Waals surface area contributed by atoms with Gasteiger partial charge in [-0.3, -0.25) is 4.55 Å². The Labute approximate surface area is 225 Å². The molecule has 11 nitrogen and oxygen atoms in total. The van der Waals surface area contributed by atoms with Gasteiger partial charge < -0.3 is 34.3 Å². The van der Waals surface area contributed by atoms with Crippen LogP contribution in [0.2, 0.25) is 0 Å². The second kappa shape index (κ2) is 11.9. The van der Waals surface area contributed by atoms with Gasteiger partial charge in [0, 0.05) is 24.0 Å². The number of ether oxygens (including phenoxy) is 4. The maximum Gasteiger partial charge on any atom is 1.00 e. The molecule has 1 aliphatic carbocycles. The molecule has 0 saturated heterocycles. The zero-order valence-electron chi connectivity index (χ0n) is 20.1. The predicted octanol–water partition coefficient (Wildman–Crippen LogP) is -1.76. The van der Waals surface area contributed by atoms with E-state index in [0.717, 1.165) is 0 Å². The summed E-state index contributed by atoms with van der Waals surface area (Å²) in [6.07, 6.45) is 0.267. The van der Waals surface area contributed by atoms with Gasteiger partial charge in [0.25, 0.3) is 0 Å². The van der Waals surface area contributed by atoms with Crippen molar-refractivity contribution in [2.45, 2.75) is 12.3 Å². The van der Waals surface area contributed by atoms with Gasteiger partial charge in [0.05, 0.1) is 35.0 Å². The minimum atomic E-state index is -4.79. The summed E-state index contributed by atoms with van der Waals surface area (Å²) >= 11 is 0. The summed E-state index contributed by atoms with van der Waals surface area (Å²) in [6.45, 7) is -0.831. The second-order valence-electron chi connectivity index (χ2n) is 7.79. The fourth-order valence-electron chi connectivity index (χ4n) is 4.57. The van der Waals surface area contributed by atoms with Gasteiger partial charge in [-0.15, -0.1) is 0 Å². The molecule has 0 spiro atoms. The van der Waals surface area contributed by atoms with Crippen LogP contribution in [0.25, 0.3) is 0 Å². The van der Waals surface area contributed by atoms with Gasteiger partial charge in [0.1, 0.15) is 11.5 Å². The Hall–Kier alpha value is -1.93. The number of hydrogen-bond donors (Lipinski definition) is 3. The number of benzene rings is 2. The van der Waals surface area contributed by atoms with Crippen LogP contribution in [0.15, 0.2) is 18.2 Å². The molecule has 35 heavy (non-hydrogen) atoms. The molecule has 3 N–H and O–H groups in total. The van der Waals surface area contributed by atoms with Crippen LogP contribution in [-0.4, -0.2) is 64.8 Å². The van der Waals surface area contributed by atoms with Crippen LogP contribution >= 0.6 is 0 Å². The van der Waals surface area contributed by atoms with E-state index in [4.69, 9.17) is 23.1 Å². The SMILES string of the molecule is COc1cc([C@@H]2c3c(cc(OC)c(O)c3OC)C[C@H](CO)[C@H]2COS(=O)(=O)O)cc(OC)c1[O-].[Na+]. The van der Waals surface area contributed by atoms with Gasteiger partial charge in [0.15, 0.2) is 11.5 Å². The van der Waals surface area contributed by atoms with Gasteiger partial charge in [-0.25, -0.2) is 4.18 Å². The normalized spacial score (nSPS) is 19.3. The van der Waals surface area contributed by atoms with E-state index in [1.807, 2.05) is 0 Å². The first kappa shape index (κ1) is 29.3. The van der Waals surface area contributed by atoms with E-state index in [9.17, 15) is 28.3 Å². The Kier molecular flexibility index (Phi) is 9.94. The van der Waals surface area contributed by atoms with Crippen molar-refractivity contribution in [2.75, 3.05) is 41.7 Å². The van der Waals surface area contributed by atoms with Crippen molar-refractivity contribution in [3.05, 3.63) is 34.9 Å². The maximum absolute atomic E-state index is 12.5. The summed E-state index contributed by atoms with van der Waals surface area (Å²) < 4.78 is 57.9. The number of fused-ring (bicyclic) bond motifs is 1. The molecule has 0 bridgehead atoms. The van der Waals surface area contributed by atoms with E-state index in [-0.39, 0.29) is 71.3 Å². The van der Waals surface area contributed by atoms with Crippen molar-refractivity contribution in [1.29, 1.82) is 0 Å². The topological polar surface area (TPSA) is 164 Å². The number of hydrogen-bond acceptors (Lipinski definition) is 10. The second-order valence-corrected chi connectivity index (χ2v) is 8.88. The van der Waals surface area contributed by atoms with E-state index in [0.29, 0.717) is 16.7 Å². The summed E-state index contributed by atoms with van der Waals surface area (Å²) in [4.78, 5) is 0. The molecule has 1 aliphatic rings. The first-order valence-electron chi connectivity index (χ1n) is 10.2. The molecular formula is C22H27NaO11S. The van der Waals surface area contributed by atoms with Crippen molar-refractivity contribution < 1.29 is 81.0 Å². The van der Waals surface area contributed by atoms with Crippen LogP contribution in [0, 0.1) is 11.8 Å². The summed E-state index contributed by atoms with van der Waals surface area (Å²) in [5.41, 5.74) is 1.61. The first-order valence-corrected chi connectivity index (χ1v) is 11.6. The van der Waals surface area contributed by atoms with Crippen LogP contribution in [0.5, 0.6) is 34.5 Å². The van der Waals surface area contributed by atoms with Crippen LogP contribution in [0.3, 0.4) is 0 Å². The van der Waals surface area contributed by atoms with Crippen LogP contribution in [-0.2, 0) is 21.0 Å². The number of aliphatic hydroxyl groups is 1. The molecule has 13 heteroatoms. The quantitative estimate of drug-likeness (QED) is 0.252. The molecule has 0 amide bonds. The maximum atomic E-state index is 12.5. The van der Waals surface area contributed by atoms with E-state index in [1.54, 1.807) is 6.07 Å². The zero-order chi connectivity index (χ0) is 25.2. The molecule has 0 heterocycles. The van der Waals surface area contributed by atoms with E-state index >= 15 is 0 Å². The molecule has 0 unspecified atom stereocenters. The number of rotatable bonds is 9. The molecule has 0 saturated carbocycles. The third-order valence-corrected chi connectivity index (χ3v) is 6.52. The van der Waals surface area contributed by atoms with E-state index in [1.165, 1.54) is 40.6 Å². The number of phenolic OH excluding ortho intramolecular Hbond substituents is 1. The fourth-order valence-corrected chi connectivity index (χ4v) is 4.90. The van der Waals surface area contributed by atoms with Crippen molar-refractivity contribution in [3.8, 4) is 34.5 Å². The molecule has 2 aromatic carbocycles. The number of phenols is 1. The predicted molar refractivity (Wildman–Crippen MR) is 117 cm³/mol. The minimum absolute atomic E-state index is 0.